The summed E-state index contributed by atoms with van der Waals surface area (Å²) >= 11 is 0. The predicted molar refractivity (Wildman–Crippen MR) is 85.5 cm³/mol. The molecule has 1 aliphatic rings. The molecule has 0 saturated heterocycles. The summed E-state index contributed by atoms with van der Waals surface area (Å²) < 4.78 is 12.5. The minimum Gasteiger partial charge on any atom is -0.497 e. The number of ether oxygens (including phenoxy) is 2. The van der Waals surface area contributed by atoms with E-state index < -0.39 is 0 Å². The lowest BCUT2D eigenvalue weighted by molar-refractivity contribution is -0.123. The first kappa shape index (κ1) is 15.4. The van der Waals surface area contributed by atoms with Crippen molar-refractivity contribution in [3.05, 3.63) is 41.7 Å². The van der Waals surface area contributed by atoms with Crippen molar-refractivity contribution in [3.63, 3.8) is 0 Å². The maximum atomic E-state index is 12.1. The number of rotatable bonds is 5. The van der Waals surface area contributed by atoms with E-state index in [1.165, 1.54) is 5.69 Å². The van der Waals surface area contributed by atoms with Crippen LogP contribution < -0.4 is 14.8 Å². The molecular formula is C17H21N3O3. The lowest BCUT2D eigenvalue weighted by atomic mass is 9.93. The monoisotopic (exact) mass is 315 g/mol. The first-order chi connectivity index (χ1) is 11.2. The number of methoxy groups -OCH3 is 1. The molecule has 1 heterocycles. The van der Waals surface area contributed by atoms with Crippen LogP contribution in [-0.4, -0.2) is 29.4 Å². The van der Waals surface area contributed by atoms with Crippen molar-refractivity contribution < 1.29 is 14.3 Å². The molecular weight excluding hydrogens is 294 g/mol. The first-order valence-corrected chi connectivity index (χ1v) is 7.74. The van der Waals surface area contributed by atoms with Crippen LogP contribution >= 0.6 is 0 Å². The number of carbonyl (C=O) groups is 1. The molecule has 0 aliphatic heterocycles. The van der Waals surface area contributed by atoms with E-state index in [0.29, 0.717) is 5.75 Å². The van der Waals surface area contributed by atoms with Crippen LogP contribution in [0.25, 0.3) is 0 Å². The van der Waals surface area contributed by atoms with E-state index in [1.807, 2.05) is 17.9 Å². The number of carbonyl (C=O) groups excluding carboxylic acids is 1. The number of nitrogens with one attached hydrogen (secondary N) is 1. The van der Waals surface area contributed by atoms with Crippen LogP contribution in [0, 0.1) is 0 Å². The summed E-state index contributed by atoms with van der Waals surface area (Å²) in [5, 5.41) is 7.33. The first-order valence-electron chi connectivity index (χ1n) is 7.74. The average molecular weight is 315 g/mol. The van der Waals surface area contributed by atoms with Crippen LogP contribution in [0.3, 0.4) is 0 Å². The van der Waals surface area contributed by atoms with E-state index in [4.69, 9.17) is 9.47 Å². The Morgan fingerprint density at radius 3 is 2.83 bits per heavy atom. The van der Waals surface area contributed by atoms with Gasteiger partial charge in [0, 0.05) is 18.3 Å². The van der Waals surface area contributed by atoms with Gasteiger partial charge in [0.2, 0.25) is 0 Å². The molecule has 0 fully saturated rings. The molecule has 3 rings (SSSR count). The second-order valence-corrected chi connectivity index (χ2v) is 5.65. The molecule has 23 heavy (non-hydrogen) atoms. The molecule has 0 saturated carbocycles. The second-order valence-electron chi connectivity index (χ2n) is 5.65. The third-order valence-electron chi connectivity index (χ3n) is 4.14. The Kier molecular flexibility index (Phi) is 4.50. The van der Waals surface area contributed by atoms with Crippen molar-refractivity contribution in [1.82, 2.24) is 15.1 Å². The van der Waals surface area contributed by atoms with Gasteiger partial charge in [-0.1, -0.05) is 0 Å². The summed E-state index contributed by atoms with van der Waals surface area (Å²) in [6.45, 7) is -0.00156. The van der Waals surface area contributed by atoms with Crippen molar-refractivity contribution in [2.75, 3.05) is 13.7 Å². The van der Waals surface area contributed by atoms with Crippen LogP contribution in [0.4, 0.5) is 0 Å². The molecule has 1 atom stereocenters. The topological polar surface area (TPSA) is 65.4 Å². The molecule has 1 aliphatic carbocycles. The Morgan fingerprint density at radius 2 is 2.09 bits per heavy atom. The molecule has 1 N–H and O–H groups in total. The Bertz CT molecular complexity index is 679. The summed E-state index contributed by atoms with van der Waals surface area (Å²) in [5.41, 5.74) is 2.33. The van der Waals surface area contributed by atoms with Gasteiger partial charge in [0.15, 0.2) is 6.61 Å². The highest BCUT2D eigenvalue weighted by Crippen LogP contribution is 2.29. The van der Waals surface area contributed by atoms with Gasteiger partial charge in [0.05, 0.1) is 19.3 Å². The fourth-order valence-corrected chi connectivity index (χ4v) is 2.91. The van der Waals surface area contributed by atoms with Crippen LogP contribution in [0.2, 0.25) is 0 Å². The maximum absolute atomic E-state index is 12.1. The zero-order valence-corrected chi connectivity index (χ0v) is 13.4. The standard InChI is InChI=1S/C17H21N3O3/c1-20-16-5-3-4-15(14(16)10-18-20)19-17(21)11-23-13-8-6-12(22-2)7-9-13/h6-10,15H,3-5,11H2,1-2H3,(H,19,21). The van der Waals surface area contributed by atoms with Gasteiger partial charge in [0.25, 0.3) is 5.91 Å². The van der Waals surface area contributed by atoms with Gasteiger partial charge >= 0.3 is 0 Å². The molecule has 1 aromatic carbocycles. The van der Waals surface area contributed by atoms with E-state index in [-0.39, 0.29) is 18.6 Å². The van der Waals surface area contributed by atoms with Gasteiger partial charge < -0.3 is 14.8 Å². The van der Waals surface area contributed by atoms with Crippen molar-refractivity contribution in [2.45, 2.75) is 25.3 Å². The Hall–Kier alpha value is -2.50. The molecule has 0 radical (unpaired) electrons. The van der Waals surface area contributed by atoms with Gasteiger partial charge in [-0.3, -0.25) is 9.48 Å². The Morgan fingerprint density at radius 1 is 1.35 bits per heavy atom. The van der Waals surface area contributed by atoms with Gasteiger partial charge in [-0.05, 0) is 43.5 Å². The quantitative estimate of drug-likeness (QED) is 0.916. The molecule has 122 valence electrons. The van der Waals surface area contributed by atoms with Crippen LogP contribution in [0.15, 0.2) is 30.5 Å². The highest BCUT2D eigenvalue weighted by atomic mass is 16.5. The van der Waals surface area contributed by atoms with E-state index in [0.717, 1.165) is 30.6 Å². The highest BCUT2D eigenvalue weighted by molar-refractivity contribution is 5.78. The number of nitrogens with zero attached hydrogens (tertiary/aromatic N) is 2. The van der Waals surface area contributed by atoms with Gasteiger partial charge in [-0.2, -0.15) is 5.10 Å². The number of aryl methyl sites for hydroxylation is 1. The SMILES string of the molecule is COc1ccc(OCC(=O)NC2CCCc3c2cnn3C)cc1. The summed E-state index contributed by atoms with van der Waals surface area (Å²) in [7, 11) is 3.55. The number of amides is 1. The summed E-state index contributed by atoms with van der Waals surface area (Å²) in [6, 6.07) is 7.20. The molecule has 0 spiro atoms. The minimum absolute atomic E-state index is 0.00156. The van der Waals surface area contributed by atoms with E-state index in [9.17, 15) is 4.79 Å². The Labute approximate surface area is 135 Å². The number of hydrogen-bond donors (Lipinski definition) is 1. The van der Waals surface area contributed by atoms with E-state index >= 15 is 0 Å². The molecule has 6 heteroatoms. The fraction of sp³-hybridized carbons (Fsp3) is 0.412. The lowest BCUT2D eigenvalue weighted by Crippen LogP contribution is -2.34. The van der Waals surface area contributed by atoms with Crippen LogP contribution in [-0.2, 0) is 18.3 Å². The van der Waals surface area contributed by atoms with E-state index in [1.54, 1.807) is 31.4 Å². The zero-order valence-electron chi connectivity index (χ0n) is 13.4. The predicted octanol–water partition coefficient (Wildman–Crippen LogP) is 2.00. The molecule has 1 aromatic heterocycles. The molecule has 0 bridgehead atoms. The molecule has 2 aromatic rings. The van der Waals surface area contributed by atoms with Gasteiger partial charge in [-0.15, -0.1) is 0 Å². The second kappa shape index (κ2) is 6.73. The van der Waals surface area contributed by atoms with Crippen LogP contribution in [0.5, 0.6) is 11.5 Å². The largest absolute Gasteiger partial charge is 0.497 e. The zero-order chi connectivity index (χ0) is 16.2. The molecule has 6 nitrogen and oxygen atoms in total. The summed E-state index contributed by atoms with van der Waals surface area (Å²) in [4.78, 5) is 12.1. The summed E-state index contributed by atoms with van der Waals surface area (Å²) in [6.07, 6.45) is 4.86. The minimum atomic E-state index is -0.123. The molecule has 1 unspecified atom stereocenters. The van der Waals surface area contributed by atoms with Gasteiger partial charge in [0.1, 0.15) is 11.5 Å². The third kappa shape index (κ3) is 3.47. The van der Waals surface area contributed by atoms with E-state index in [2.05, 4.69) is 10.4 Å². The van der Waals surface area contributed by atoms with Crippen molar-refractivity contribution in [1.29, 1.82) is 0 Å². The van der Waals surface area contributed by atoms with Crippen molar-refractivity contribution in [2.24, 2.45) is 7.05 Å². The van der Waals surface area contributed by atoms with Crippen LogP contribution in [0.1, 0.15) is 30.1 Å². The fourth-order valence-electron chi connectivity index (χ4n) is 2.91. The average Bonchev–Trinajstić information content (AvgIpc) is 2.96. The van der Waals surface area contributed by atoms with Crippen molar-refractivity contribution in [3.8, 4) is 11.5 Å². The third-order valence-corrected chi connectivity index (χ3v) is 4.14. The summed E-state index contributed by atoms with van der Waals surface area (Å²) in [5.74, 6) is 1.28. The smallest absolute Gasteiger partial charge is 0.258 e. The highest BCUT2D eigenvalue weighted by Gasteiger charge is 2.24. The molecule has 1 amide bonds. The number of hydrogen-bond acceptors (Lipinski definition) is 4. The van der Waals surface area contributed by atoms with Crippen molar-refractivity contribution >= 4 is 5.91 Å². The van der Waals surface area contributed by atoms with Gasteiger partial charge in [-0.25, -0.2) is 0 Å². The Balaban J connectivity index is 1.55. The lowest BCUT2D eigenvalue weighted by Gasteiger charge is -2.23. The number of benzene rings is 1. The maximum Gasteiger partial charge on any atom is 0.258 e. The number of aromatic nitrogens is 2. The normalized spacial score (nSPS) is 16.5. The number of fused-ring (bicyclic) bond motifs is 1.